The van der Waals surface area contributed by atoms with E-state index in [4.69, 9.17) is 0 Å². The highest BCUT2D eigenvalue weighted by Gasteiger charge is 1.99. The minimum atomic E-state index is 0. The van der Waals surface area contributed by atoms with Crippen molar-refractivity contribution in [2.45, 2.75) is 26.3 Å². The van der Waals surface area contributed by atoms with Crippen LogP contribution in [0.2, 0.25) is 0 Å². The number of guanidine groups is 1. The molecule has 0 atom stereocenters. The molecule has 2 aromatic heterocycles. The largest absolute Gasteiger partial charge is 0.357 e. The molecule has 6 nitrogen and oxygen atoms in total. The molecule has 0 bridgehead atoms. The average Bonchev–Trinajstić information content (AvgIpc) is 2.95. The Labute approximate surface area is 154 Å². The van der Waals surface area contributed by atoms with Crippen LogP contribution in [0.15, 0.2) is 41.8 Å². The number of aliphatic imine (C=N–C) groups is 1. The molecule has 0 fully saturated rings. The molecule has 0 saturated carbocycles. The van der Waals surface area contributed by atoms with Crippen LogP contribution >= 0.6 is 24.0 Å². The average molecular weight is 428 g/mol. The summed E-state index contributed by atoms with van der Waals surface area (Å²) in [5, 5.41) is 10.8. The van der Waals surface area contributed by atoms with E-state index in [1.54, 1.807) is 6.20 Å². The third-order valence-electron chi connectivity index (χ3n) is 3.16. The lowest BCUT2D eigenvalue weighted by Gasteiger charge is -2.10. The molecule has 0 saturated heterocycles. The molecule has 0 radical (unpaired) electrons. The molecule has 0 unspecified atom stereocenters. The number of aryl methyl sites for hydroxylation is 2. The third-order valence-corrected chi connectivity index (χ3v) is 3.16. The van der Waals surface area contributed by atoms with Crippen molar-refractivity contribution in [1.82, 2.24) is 25.4 Å². The first kappa shape index (κ1) is 19.4. The maximum atomic E-state index is 4.55. The quantitative estimate of drug-likeness (QED) is 0.307. The van der Waals surface area contributed by atoms with E-state index in [1.807, 2.05) is 36.1 Å². The molecule has 2 N–H and O–H groups in total. The van der Waals surface area contributed by atoms with Crippen molar-refractivity contribution in [2.75, 3.05) is 13.1 Å². The van der Waals surface area contributed by atoms with Crippen LogP contribution in [0.4, 0.5) is 0 Å². The molecule has 2 rings (SSSR count). The van der Waals surface area contributed by atoms with Crippen molar-refractivity contribution >= 4 is 29.9 Å². The van der Waals surface area contributed by atoms with E-state index in [-0.39, 0.29) is 24.0 Å². The molecular weight excluding hydrogens is 403 g/mol. The van der Waals surface area contributed by atoms with Gasteiger partial charge in [0.15, 0.2) is 5.96 Å². The van der Waals surface area contributed by atoms with E-state index >= 15 is 0 Å². The predicted molar refractivity (Wildman–Crippen MR) is 104 cm³/mol. The molecule has 23 heavy (non-hydrogen) atoms. The fourth-order valence-electron chi connectivity index (χ4n) is 2.09. The SMILES string of the molecule is CCNC(=NCc1ccccn1)NCCCc1cnn(C)c1.I. The second-order valence-electron chi connectivity index (χ2n) is 5.07. The van der Waals surface area contributed by atoms with Gasteiger partial charge in [-0.25, -0.2) is 4.99 Å². The fraction of sp³-hybridized carbons (Fsp3) is 0.438. The van der Waals surface area contributed by atoms with Crippen LogP contribution in [0.5, 0.6) is 0 Å². The van der Waals surface area contributed by atoms with E-state index in [9.17, 15) is 0 Å². The van der Waals surface area contributed by atoms with Gasteiger partial charge in [-0.05, 0) is 37.5 Å². The molecule has 0 aliphatic carbocycles. The number of nitrogens with one attached hydrogen (secondary N) is 2. The zero-order chi connectivity index (χ0) is 15.6. The monoisotopic (exact) mass is 428 g/mol. The minimum absolute atomic E-state index is 0. The van der Waals surface area contributed by atoms with Crippen LogP contribution in [0.25, 0.3) is 0 Å². The Morgan fingerprint density at radius 3 is 2.83 bits per heavy atom. The molecule has 0 aliphatic rings. The number of hydrogen-bond donors (Lipinski definition) is 2. The van der Waals surface area contributed by atoms with Crippen LogP contribution in [0.3, 0.4) is 0 Å². The minimum Gasteiger partial charge on any atom is -0.357 e. The summed E-state index contributed by atoms with van der Waals surface area (Å²) in [6.07, 6.45) is 7.82. The number of halogens is 1. The van der Waals surface area contributed by atoms with Crippen molar-refractivity contribution in [3.05, 3.63) is 48.0 Å². The van der Waals surface area contributed by atoms with E-state index < -0.39 is 0 Å². The standard InChI is InChI=1S/C16H24N6.HI/c1-3-17-16(20-12-15-8-4-5-9-18-15)19-10-6-7-14-11-21-22(2)13-14;/h4-5,8-9,11,13H,3,6-7,10,12H2,1-2H3,(H2,17,19,20);1H. The molecule has 0 aromatic carbocycles. The van der Waals surface area contributed by atoms with Crippen molar-refractivity contribution in [3.8, 4) is 0 Å². The van der Waals surface area contributed by atoms with Crippen molar-refractivity contribution in [2.24, 2.45) is 12.0 Å². The van der Waals surface area contributed by atoms with Gasteiger partial charge in [-0.1, -0.05) is 6.07 Å². The Morgan fingerprint density at radius 2 is 2.17 bits per heavy atom. The summed E-state index contributed by atoms with van der Waals surface area (Å²) in [6, 6.07) is 5.87. The highest BCUT2D eigenvalue weighted by molar-refractivity contribution is 14.0. The Hall–Kier alpha value is -1.64. The molecule has 2 aromatic rings. The van der Waals surface area contributed by atoms with Crippen molar-refractivity contribution in [3.63, 3.8) is 0 Å². The highest BCUT2D eigenvalue weighted by atomic mass is 127. The Morgan fingerprint density at radius 1 is 1.30 bits per heavy atom. The van der Waals surface area contributed by atoms with Crippen LogP contribution in [0.1, 0.15) is 24.6 Å². The topological polar surface area (TPSA) is 67.1 Å². The van der Waals surface area contributed by atoms with Gasteiger partial charge in [0.1, 0.15) is 0 Å². The summed E-state index contributed by atoms with van der Waals surface area (Å²) in [7, 11) is 1.94. The van der Waals surface area contributed by atoms with E-state index in [0.717, 1.165) is 37.6 Å². The molecule has 126 valence electrons. The number of aromatic nitrogens is 3. The van der Waals surface area contributed by atoms with Gasteiger partial charge in [0.05, 0.1) is 18.4 Å². The zero-order valence-electron chi connectivity index (χ0n) is 13.7. The van der Waals surface area contributed by atoms with Gasteiger partial charge in [0.2, 0.25) is 0 Å². The van der Waals surface area contributed by atoms with Gasteiger partial charge in [-0.15, -0.1) is 24.0 Å². The van der Waals surface area contributed by atoms with Crippen molar-refractivity contribution < 1.29 is 0 Å². The summed E-state index contributed by atoms with van der Waals surface area (Å²) in [4.78, 5) is 8.83. The normalized spacial score (nSPS) is 11.0. The summed E-state index contributed by atoms with van der Waals surface area (Å²) in [5.41, 5.74) is 2.23. The highest BCUT2D eigenvalue weighted by Crippen LogP contribution is 2.00. The lowest BCUT2D eigenvalue weighted by Crippen LogP contribution is -2.37. The Kier molecular flexibility index (Phi) is 9.27. The molecule has 2 heterocycles. The van der Waals surface area contributed by atoms with Gasteiger partial charge >= 0.3 is 0 Å². The van der Waals surface area contributed by atoms with E-state index in [0.29, 0.717) is 6.54 Å². The van der Waals surface area contributed by atoms with Gasteiger partial charge in [-0.2, -0.15) is 5.10 Å². The smallest absolute Gasteiger partial charge is 0.191 e. The van der Waals surface area contributed by atoms with Crippen LogP contribution in [-0.2, 0) is 20.0 Å². The van der Waals surface area contributed by atoms with Gasteiger partial charge < -0.3 is 10.6 Å². The zero-order valence-corrected chi connectivity index (χ0v) is 16.0. The molecule has 7 heteroatoms. The van der Waals surface area contributed by atoms with E-state index in [1.165, 1.54) is 5.56 Å². The first-order valence-electron chi connectivity index (χ1n) is 7.67. The number of rotatable bonds is 7. The summed E-state index contributed by atoms with van der Waals surface area (Å²) in [5.74, 6) is 0.833. The summed E-state index contributed by atoms with van der Waals surface area (Å²) >= 11 is 0. The lowest BCUT2D eigenvalue weighted by atomic mass is 10.2. The van der Waals surface area contributed by atoms with E-state index in [2.05, 4.69) is 38.8 Å². The van der Waals surface area contributed by atoms with Crippen LogP contribution < -0.4 is 10.6 Å². The molecule has 0 aliphatic heterocycles. The fourth-order valence-corrected chi connectivity index (χ4v) is 2.09. The van der Waals surface area contributed by atoms with Gasteiger partial charge in [0, 0.05) is 32.5 Å². The first-order valence-corrected chi connectivity index (χ1v) is 7.67. The first-order chi connectivity index (χ1) is 10.8. The lowest BCUT2D eigenvalue weighted by molar-refractivity contribution is 0.740. The maximum Gasteiger partial charge on any atom is 0.191 e. The van der Waals surface area contributed by atoms with Crippen LogP contribution in [0, 0.1) is 0 Å². The van der Waals surface area contributed by atoms with Crippen molar-refractivity contribution in [1.29, 1.82) is 0 Å². The summed E-state index contributed by atoms with van der Waals surface area (Å²) < 4.78 is 1.83. The van der Waals surface area contributed by atoms with Gasteiger partial charge in [-0.3, -0.25) is 9.67 Å². The predicted octanol–water partition coefficient (Wildman–Crippen LogP) is 2.12. The van der Waals surface area contributed by atoms with Gasteiger partial charge in [0.25, 0.3) is 0 Å². The third kappa shape index (κ3) is 7.45. The Balaban J connectivity index is 0.00000264. The number of hydrogen-bond acceptors (Lipinski definition) is 3. The second-order valence-corrected chi connectivity index (χ2v) is 5.07. The number of nitrogens with zero attached hydrogens (tertiary/aromatic N) is 4. The molecule has 0 amide bonds. The number of pyridine rings is 1. The molecular formula is C16H25IN6. The maximum absolute atomic E-state index is 4.55. The molecule has 0 spiro atoms. The van der Waals surface area contributed by atoms with Crippen LogP contribution in [-0.4, -0.2) is 33.8 Å². The second kappa shape index (κ2) is 11.0. The Bertz CT molecular complexity index is 581. The summed E-state index contributed by atoms with van der Waals surface area (Å²) in [6.45, 7) is 4.37.